The first-order chi connectivity index (χ1) is 20.7. The number of furan rings is 1. The Hall–Kier alpha value is -5.17. The van der Waals surface area contributed by atoms with Gasteiger partial charge in [0.25, 0.3) is 11.2 Å². The highest BCUT2D eigenvalue weighted by atomic mass is 32.1. The zero-order valence-corrected chi connectivity index (χ0v) is 24.7. The molecule has 13 heteroatoms. The van der Waals surface area contributed by atoms with Crippen LogP contribution in [0.3, 0.4) is 0 Å². The van der Waals surface area contributed by atoms with Crippen LogP contribution in [0.2, 0.25) is 0 Å². The molecule has 4 aromatic rings. The van der Waals surface area contributed by atoms with Crippen LogP contribution in [0.4, 0.5) is 5.69 Å². The topological polar surface area (TPSA) is 145 Å². The Morgan fingerprint density at radius 1 is 1.09 bits per heavy atom. The SMILES string of the molecule is CCOC(=O)C1=C(C)N=c2s/c(=C\c3ccc(-c4cc([N+](=O)[O-])ccc4OC)o3)c(=O)n2C1c1ccc(OC)cc1OC. The Kier molecular flexibility index (Phi) is 8.17. The molecule has 0 radical (unpaired) electrons. The average Bonchev–Trinajstić information content (AvgIpc) is 3.59. The van der Waals surface area contributed by atoms with Crippen molar-refractivity contribution < 1.29 is 33.1 Å². The molecular weight excluding hydrogens is 578 g/mol. The van der Waals surface area contributed by atoms with E-state index in [2.05, 4.69) is 4.99 Å². The standard InChI is InChI=1S/C30H27N3O9S/c1-6-41-29(35)26-16(2)31-30-32(27(26)20-10-8-18(38-3)14-24(20)40-5)28(34)25(43-30)15-19-9-12-23(42-19)21-13-17(33(36)37)7-11-22(21)39-4/h7-15,27H,6H2,1-5H3/b25-15-. The molecule has 0 spiro atoms. The molecule has 222 valence electrons. The van der Waals surface area contributed by atoms with E-state index >= 15 is 0 Å². The largest absolute Gasteiger partial charge is 0.497 e. The average molecular weight is 606 g/mol. The van der Waals surface area contributed by atoms with Crippen LogP contribution in [-0.4, -0.2) is 43.4 Å². The third-order valence-electron chi connectivity index (χ3n) is 6.81. The van der Waals surface area contributed by atoms with E-state index in [9.17, 15) is 19.7 Å². The highest BCUT2D eigenvalue weighted by molar-refractivity contribution is 7.07. The van der Waals surface area contributed by atoms with E-state index < -0.39 is 22.5 Å². The summed E-state index contributed by atoms with van der Waals surface area (Å²) in [7, 11) is 4.48. The second kappa shape index (κ2) is 12.0. The summed E-state index contributed by atoms with van der Waals surface area (Å²) in [5.41, 5.74) is 1.02. The molecule has 0 N–H and O–H groups in total. The van der Waals surface area contributed by atoms with Gasteiger partial charge in [-0.05, 0) is 44.2 Å². The molecule has 0 aliphatic carbocycles. The number of methoxy groups -OCH3 is 3. The van der Waals surface area contributed by atoms with Gasteiger partial charge in [-0.1, -0.05) is 11.3 Å². The number of allylic oxidation sites excluding steroid dienone is 1. The number of aromatic nitrogens is 1. The van der Waals surface area contributed by atoms with Crippen molar-refractivity contribution in [3.63, 3.8) is 0 Å². The van der Waals surface area contributed by atoms with Gasteiger partial charge in [0.2, 0.25) is 0 Å². The van der Waals surface area contributed by atoms with Crippen molar-refractivity contribution >= 4 is 29.1 Å². The van der Waals surface area contributed by atoms with Crippen LogP contribution in [0, 0.1) is 10.1 Å². The molecular formula is C30H27N3O9S. The lowest BCUT2D eigenvalue weighted by Crippen LogP contribution is -2.40. The summed E-state index contributed by atoms with van der Waals surface area (Å²) >= 11 is 1.13. The third-order valence-corrected chi connectivity index (χ3v) is 7.79. The fourth-order valence-corrected chi connectivity index (χ4v) is 5.86. The molecule has 2 aromatic carbocycles. The summed E-state index contributed by atoms with van der Waals surface area (Å²) in [5, 5.41) is 11.3. The minimum absolute atomic E-state index is 0.121. The lowest BCUT2D eigenvalue weighted by molar-refractivity contribution is -0.384. The molecule has 0 saturated heterocycles. The van der Waals surface area contributed by atoms with Crippen LogP contribution in [0.5, 0.6) is 17.2 Å². The van der Waals surface area contributed by atoms with E-state index in [0.717, 1.165) is 11.3 Å². The molecule has 1 aliphatic rings. The number of esters is 1. The van der Waals surface area contributed by atoms with Crippen molar-refractivity contribution in [3.05, 3.63) is 101 Å². The van der Waals surface area contributed by atoms with Crippen LogP contribution in [-0.2, 0) is 9.53 Å². The number of carbonyl (C=O) groups excluding carboxylic acids is 1. The maximum atomic E-state index is 14.0. The maximum Gasteiger partial charge on any atom is 0.338 e. The Morgan fingerprint density at radius 2 is 1.86 bits per heavy atom. The van der Waals surface area contributed by atoms with Gasteiger partial charge in [0, 0.05) is 29.8 Å². The van der Waals surface area contributed by atoms with Gasteiger partial charge in [-0.15, -0.1) is 0 Å². The van der Waals surface area contributed by atoms with Crippen LogP contribution < -0.4 is 29.1 Å². The monoisotopic (exact) mass is 605 g/mol. The molecule has 3 heterocycles. The quantitative estimate of drug-likeness (QED) is 0.157. The number of ether oxygens (including phenoxy) is 4. The Bertz CT molecular complexity index is 1950. The summed E-state index contributed by atoms with van der Waals surface area (Å²) in [6.07, 6.45) is 1.56. The number of benzene rings is 2. The minimum atomic E-state index is -0.889. The fourth-order valence-electron chi connectivity index (χ4n) is 4.84. The second-order valence-corrected chi connectivity index (χ2v) is 10.3. The third kappa shape index (κ3) is 5.42. The van der Waals surface area contributed by atoms with Gasteiger partial charge >= 0.3 is 5.97 Å². The first kappa shape index (κ1) is 29.3. The predicted octanol–water partition coefficient (Wildman–Crippen LogP) is 3.99. The van der Waals surface area contributed by atoms with Gasteiger partial charge in [-0.2, -0.15) is 0 Å². The lowest BCUT2D eigenvalue weighted by Gasteiger charge is -2.26. The fraction of sp³-hybridized carbons (Fsp3) is 0.233. The molecule has 0 bridgehead atoms. The first-order valence-corrected chi connectivity index (χ1v) is 13.9. The number of hydrogen-bond acceptors (Lipinski definition) is 11. The Morgan fingerprint density at radius 3 is 2.53 bits per heavy atom. The summed E-state index contributed by atoms with van der Waals surface area (Å²) < 4.78 is 29.4. The van der Waals surface area contributed by atoms with Crippen LogP contribution >= 0.6 is 11.3 Å². The second-order valence-electron chi connectivity index (χ2n) is 9.25. The van der Waals surface area contributed by atoms with Crippen LogP contribution in [0.1, 0.15) is 31.2 Å². The molecule has 1 aliphatic heterocycles. The van der Waals surface area contributed by atoms with Crippen molar-refractivity contribution in [2.45, 2.75) is 19.9 Å². The zero-order valence-electron chi connectivity index (χ0n) is 23.9. The molecule has 12 nitrogen and oxygen atoms in total. The Labute approximate surface area is 248 Å². The summed E-state index contributed by atoms with van der Waals surface area (Å²) in [6.45, 7) is 3.53. The molecule has 0 fully saturated rings. The highest BCUT2D eigenvalue weighted by Gasteiger charge is 2.35. The molecule has 1 atom stereocenters. The maximum absolute atomic E-state index is 14.0. The number of nitrogens with zero attached hydrogens (tertiary/aromatic N) is 3. The Balaban J connectivity index is 1.66. The molecule has 43 heavy (non-hydrogen) atoms. The van der Waals surface area contributed by atoms with Gasteiger partial charge < -0.3 is 23.4 Å². The van der Waals surface area contributed by atoms with E-state index in [1.807, 2.05) is 0 Å². The smallest absolute Gasteiger partial charge is 0.338 e. The molecule has 0 amide bonds. The molecule has 0 saturated carbocycles. The van der Waals surface area contributed by atoms with Crippen molar-refractivity contribution in [1.82, 2.24) is 4.57 Å². The van der Waals surface area contributed by atoms with Crippen LogP contribution in [0.25, 0.3) is 17.4 Å². The number of carbonyl (C=O) groups is 1. The number of non-ortho nitro benzene ring substituents is 1. The van der Waals surface area contributed by atoms with Crippen LogP contribution in [0.15, 0.2) is 74.0 Å². The summed E-state index contributed by atoms with van der Waals surface area (Å²) in [5.74, 6) is 1.40. The van der Waals surface area contributed by atoms with E-state index in [1.165, 1.54) is 44.1 Å². The van der Waals surface area contributed by atoms with Crippen molar-refractivity contribution in [2.75, 3.05) is 27.9 Å². The van der Waals surface area contributed by atoms with Crippen molar-refractivity contribution in [2.24, 2.45) is 4.99 Å². The van der Waals surface area contributed by atoms with Gasteiger partial charge in [-0.3, -0.25) is 19.5 Å². The van der Waals surface area contributed by atoms with E-state index in [-0.39, 0.29) is 17.9 Å². The zero-order chi connectivity index (χ0) is 30.8. The highest BCUT2D eigenvalue weighted by Crippen LogP contribution is 2.38. The van der Waals surface area contributed by atoms with E-state index in [4.69, 9.17) is 23.4 Å². The molecule has 1 unspecified atom stereocenters. The number of rotatable bonds is 9. The van der Waals surface area contributed by atoms with Gasteiger partial charge in [0.05, 0.1) is 54.2 Å². The number of hydrogen-bond donors (Lipinski definition) is 0. The van der Waals surface area contributed by atoms with Crippen molar-refractivity contribution in [3.8, 4) is 28.6 Å². The number of fused-ring (bicyclic) bond motifs is 1. The normalized spacial score (nSPS) is 14.6. The number of thiazole rings is 1. The molecule has 5 rings (SSSR count). The number of nitro groups is 1. The summed E-state index contributed by atoms with van der Waals surface area (Å²) in [4.78, 5) is 42.9. The molecule has 2 aromatic heterocycles. The van der Waals surface area contributed by atoms with Gasteiger partial charge in [-0.25, -0.2) is 9.79 Å². The summed E-state index contributed by atoms with van der Waals surface area (Å²) in [6, 6.07) is 11.7. The first-order valence-electron chi connectivity index (χ1n) is 13.0. The predicted molar refractivity (Wildman–Crippen MR) is 157 cm³/mol. The van der Waals surface area contributed by atoms with E-state index in [0.29, 0.717) is 54.9 Å². The van der Waals surface area contributed by atoms with E-state index in [1.54, 1.807) is 50.3 Å². The lowest BCUT2D eigenvalue weighted by atomic mass is 9.95. The van der Waals surface area contributed by atoms with Crippen molar-refractivity contribution in [1.29, 1.82) is 0 Å². The number of nitro benzene ring substituents is 1. The van der Waals surface area contributed by atoms with Gasteiger partial charge in [0.1, 0.15) is 34.8 Å². The minimum Gasteiger partial charge on any atom is -0.497 e. The van der Waals surface area contributed by atoms with Gasteiger partial charge in [0.15, 0.2) is 4.80 Å².